The van der Waals surface area contributed by atoms with Crippen LogP contribution in [-0.4, -0.2) is 24.8 Å². The van der Waals surface area contributed by atoms with Gasteiger partial charge < -0.3 is 19.5 Å². The summed E-state index contributed by atoms with van der Waals surface area (Å²) in [6.07, 6.45) is 2.26. The summed E-state index contributed by atoms with van der Waals surface area (Å²) in [5, 5.41) is 2.73. The van der Waals surface area contributed by atoms with Gasteiger partial charge in [-0.05, 0) is 55.9 Å². The smallest absolute Gasteiger partial charge is 0.349 e. The van der Waals surface area contributed by atoms with E-state index in [0.717, 1.165) is 19.3 Å². The lowest BCUT2D eigenvalue weighted by molar-refractivity contribution is -0.123. The maximum atomic E-state index is 12.4. The van der Waals surface area contributed by atoms with E-state index in [9.17, 15) is 9.59 Å². The van der Waals surface area contributed by atoms with Crippen molar-refractivity contribution in [3.63, 3.8) is 0 Å². The van der Waals surface area contributed by atoms with Gasteiger partial charge in [-0.1, -0.05) is 6.92 Å². The molecule has 0 saturated heterocycles. The van der Waals surface area contributed by atoms with E-state index in [1.54, 1.807) is 25.1 Å². The van der Waals surface area contributed by atoms with E-state index >= 15 is 0 Å². The molecule has 0 saturated carbocycles. The zero-order valence-corrected chi connectivity index (χ0v) is 16.1. The maximum Gasteiger partial charge on any atom is 0.349 e. The van der Waals surface area contributed by atoms with Gasteiger partial charge in [-0.25, -0.2) is 4.79 Å². The van der Waals surface area contributed by atoms with Crippen LogP contribution in [0.25, 0.3) is 0 Å². The second-order valence-electron chi connectivity index (χ2n) is 7.01. The third-order valence-electron chi connectivity index (χ3n) is 4.82. The predicted molar refractivity (Wildman–Crippen MR) is 102 cm³/mol. The van der Waals surface area contributed by atoms with Crippen molar-refractivity contribution >= 4 is 28.9 Å². The van der Waals surface area contributed by atoms with Crippen molar-refractivity contribution in [2.75, 3.05) is 12.1 Å². The lowest BCUT2D eigenvalue weighted by atomic mass is 9.90. The number of carbonyl (C=O) groups is 2. The molecule has 7 heteroatoms. The Balaban J connectivity index is 1.37. The zero-order valence-electron chi connectivity index (χ0n) is 15.2. The minimum absolute atomic E-state index is 0.171. The highest BCUT2D eigenvalue weighted by molar-refractivity contribution is 7.14. The van der Waals surface area contributed by atoms with Crippen LogP contribution in [0, 0.1) is 5.92 Å². The Bertz CT molecular complexity index is 890. The number of thiophene rings is 1. The molecule has 2 aliphatic rings. The molecule has 27 heavy (non-hydrogen) atoms. The van der Waals surface area contributed by atoms with Crippen LogP contribution in [0.3, 0.4) is 0 Å². The number of rotatable bonds is 4. The average molecular weight is 387 g/mol. The first-order valence-electron chi connectivity index (χ1n) is 9.02. The van der Waals surface area contributed by atoms with Gasteiger partial charge in [0.15, 0.2) is 17.6 Å². The number of anilines is 1. The quantitative estimate of drug-likeness (QED) is 0.808. The van der Waals surface area contributed by atoms with E-state index in [2.05, 4.69) is 12.2 Å². The number of esters is 1. The number of amides is 1. The highest BCUT2D eigenvalue weighted by Crippen LogP contribution is 2.34. The van der Waals surface area contributed by atoms with E-state index in [-0.39, 0.29) is 6.79 Å². The third kappa shape index (κ3) is 3.78. The van der Waals surface area contributed by atoms with Gasteiger partial charge in [0.2, 0.25) is 6.79 Å². The molecule has 1 amide bonds. The number of aryl methyl sites for hydroxylation is 1. The van der Waals surface area contributed by atoms with Gasteiger partial charge in [0.05, 0.1) is 0 Å². The van der Waals surface area contributed by atoms with Gasteiger partial charge in [-0.2, -0.15) is 0 Å². The van der Waals surface area contributed by atoms with E-state index < -0.39 is 18.0 Å². The molecule has 1 aliphatic heterocycles. The fourth-order valence-electron chi connectivity index (χ4n) is 3.30. The Morgan fingerprint density at radius 2 is 2.07 bits per heavy atom. The summed E-state index contributed by atoms with van der Waals surface area (Å²) in [5.41, 5.74) is 1.80. The molecule has 0 fully saturated rings. The molecule has 1 aliphatic carbocycles. The number of hydrogen-bond donors (Lipinski definition) is 1. The molecule has 0 unspecified atom stereocenters. The lowest BCUT2D eigenvalue weighted by Gasteiger charge is -2.16. The van der Waals surface area contributed by atoms with Crippen LogP contribution < -0.4 is 14.8 Å². The topological polar surface area (TPSA) is 73.9 Å². The fourth-order valence-corrected chi connectivity index (χ4v) is 4.39. The van der Waals surface area contributed by atoms with Crippen LogP contribution in [-0.2, 0) is 22.4 Å². The van der Waals surface area contributed by atoms with Crippen LogP contribution in [0.1, 0.15) is 40.4 Å². The first-order valence-corrected chi connectivity index (χ1v) is 9.84. The normalized spacial score (nSPS) is 18.5. The summed E-state index contributed by atoms with van der Waals surface area (Å²) < 4.78 is 15.9. The molecule has 4 rings (SSSR count). The Kier molecular flexibility index (Phi) is 4.78. The highest BCUT2D eigenvalue weighted by atomic mass is 32.1. The molecule has 2 atom stereocenters. The Morgan fingerprint density at radius 1 is 1.26 bits per heavy atom. The van der Waals surface area contributed by atoms with Gasteiger partial charge in [-0.15, -0.1) is 11.3 Å². The first-order chi connectivity index (χ1) is 13.0. The molecule has 1 aromatic heterocycles. The molecular formula is C20H21NO5S. The van der Waals surface area contributed by atoms with E-state index in [1.165, 1.54) is 21.8 Å². The minimum Gasteiger partial charge on any atom is -0.454 e. The molecule has 0 radical (unpaired) electrons. The zero-order chi connectivity index (χ0) is 19.0. The minimum atomic E-state index is -0.902. The van der Waals surface area contributed by atoms with Gasteiger partial charge >= 0.3 is 5.97 Å². The number of carbonyl (C=O) groups excluding carboxylic acids is 2. The number of hydrogen-bond acceptors (Lipinski definition) is 6. The summed E-state index contributed by atoms with van der Waals surface area (Å²) in [6, 6.07) is 7.05. The van der Waals surface area contributed by atoms with Crippen LogP contribution in [0.4, 0.5) is 5.69 Å². The van der Waals surface area contributed by atoms with Crippen LogP contribution in [0.2, 0.25) is 0 Å². The van der Waals surface area contributed by atoms with Crippen molar-refractivity contribution in [2.24, 2.45) is 5.92 Å². The summed E-state index contributed by atoms with van der Waals surface area (Å²) >= 11 is 1.48. The number of nitrogens with one attached hydrogen (secondary N) is 1. The SMILES string of the molecule is C[C@H]1CCc2sc(C(=O)O[C@@H](C)C(=O)Nc3ccc4c(c3)OCO4)cc2C1. The van der Waals surface area contributed by atoms with E-state index in [4.69, 9.17) is 14.2 Å². The number of ether oxygens (including phenoxy) is 3. The molecule has 2 aromatic rings. The molecule has 0 bridgehead atoms. The summed E-state index contributed by atoms with van der Waals surface area (Å²) in [4.78, 5) is 26.6. The second-order valence-corrected chi connectivity index (χ2v) is 8.15. The average Bonchev–Trinajstić information content (AvgIpc) is 3.27. The van der Waals surface area contributed by atoms with Gasteiger partial charge in [0, 0.05) is 16.6 Å². The van der Waals surface area contributed by atoms with Crippen LogP contribution in [0.5, 0.6) is 11.5 Å². The Morgan fingerprint density at radius 3 is 2.93 bits per heavy atom. The maximum absolute atomic E-state index is 12.4. The van der Waals surface area contributed by atoms with Crippen molar-refractivity contribution in [1.82, 2.24) is 0 Å². The fraction of sp³-hybridized carbons (Fsp3) is 0.400. The Hall–Kier alpha value is -2.54. The lowest BCUT2D eigenvalue weighted by Crippen LogP contribution is -2.29. The molecule has 2 heterocycles. The van der Waals surface area contributed by atoms with Crippen LogP contribution >= 0.6 is 11.3 Å². The van der Waals surface area contributed by atoms with E-state index in [1.807, 2.05) is 6.07 Å². The largest absolute Gasteiger partial charge is 0.454 e. The molecule has 142 valence electrons. The van der Waals surface area contributed by atoms with Crippen molar-refractivity contribution in [3.05, 3.63) is 39.6 Å². The van der Waals surface area contributed by atoms with Crippen molar-refractivity contribution in [2.45, 2.75) is 39.2 Å². The first kappa shape index (κ1) is 17.9. The summed E-state index contributed by atoms with van der Waals surface area (Å²) in [6.45, 7) is 3.96. The van der Waals surface area contributed by atoms with Gasteiger partial charge in [0.25, 0.3) is 5.91 Å². The van der Waals surface area contributed by atoms with Crippen LogP contribution in [0.15, 0.2) is 24.3 Å². The third-order valence-corrected chi connectivity index (χ3v) is 6.04. The van der Waals surface area contributed by atoms with E-state index in [0.29, 0.717) is 28.0 Å². The summed E-state index contributed by atoms with van der Waals surface area (Å²) in [7, 11) is 0. The van der Waals surface area contributed by atoms with Crippen molar-refractivity contribution < 1.29 is 23.8 Å². The van der Waals surface area contributed by atoms with Gasteiger partial charge in [-0.3, -0.25) is 4.79 Å². The number of benzene rings is 1. The predicted octanol–water partition coefficient (Wildman–Crippen LogP) is 3.79. The molecule has 0 spiro atoms. The molecule has 1 aromatic carbocycles. The van der Waals surface area contributed by atoms with Crippen molar-refractivity contribution in [1.29, 1.82) is 0 Å². The number of fused-ring (bicyclic) bond motifs is 2. The monoisotopic (exact) mass is 387 g/mol. The van der Waals surface area contributed by atoms with Gasteiger partial charge in [0.1, 0.15) is 4.88 Å². The Labute approximate surface area is 161 Å². The standard InChI is InChI=1S/C20H21NO5S/c1-11-3-6-17-13(7-11)8-18(27-17)20(23)26-12(2)19(22)21-14-4-5-15-16(9-14)25-10-24-15/h4-5,8-9,11-12H,3,6-7,10H2,1-2H3,(H,21,22)/t11-,12-/m0/s1. The summed E-state index contributed by atoms with van der Waals surface area (Å²) in [5.74, 6) is 1.02. The molecule has 1 N–H and O–H groups in total. The molecule has 6 nitrogen and oxygen atoms in total. The van der Waals surface area contributed by atoms with Crippen molar-refractivity contribution in [3.8, 4) is 11.5 Å². The second kappa shape index (κ2) is 7.23. The highest BCUT2D eigenvalue weighted by Gasteiger charge is 2.24. The molecular weight excluding hydrogens is 366 g/mol.